The highest BCUT2D eigenvalue weighted by Crippen LogP contribution is 2.23. The van der Waals surface area contributed by atoms with Gasteiger partial charge in [-0.3, -0.25) is 0 Å². The second-order valence-corrected chi connectivity index (χ2v) is 3.12. The average Bonchev–Trinajstić information content (AvgIpc) is 2.05. The van der Waals surface area contributed by atoms with E-state index in [9.17, 15) is 0 Å². The van der Waals surface area contributed by atoms with Crippen LogP contribution in [0.1, 0.15) is 26.7 Å². The van der Waals surface area contributed by atoms with Crippen LogP contribution < -0.4 is 0 Å². The van der Waals surface area contributed by atoms with Crippen molar-refractivity contribution in [3.8, 4) is 0 Å². The van der Waals surface area contributed by atoms with Gasteiger partial charge in [0.25, 0.3) is 0 Å². The van der Waals surface area contributed by atoms with Crippen molar-refractivity contribution < 1.29 is 5.11 Å². The first-order valence-corrected chi connectivity index (χ1v) is 4.04. The molecule has 0 aliphatic heterocycles. The van der Waals surface area contributed by atoms with Gasteiger partial charge in [0.1, 0.15) is 0 Å². The third-order valence-electron chi connectivity index (χ3n) is 1.97. The quantitative estimate of drug-likeness (QED) is 0.603. The van der Waals surface area contributed by atoms with E-state index in [2.05, 4.69) is 12.7 Å². The Bertz CT molecular complexity index is 138. The fourth-order valence-electron chi connectivity index (χ4n) is 0.825. The van der Waals surface area contributed by atoms with E-state index < -0.39 is 0 Å². The maximum atomic E-state index is 8.99. The van der Waals surface area contributed by atoms with Gasteiger partial charge in [-0.1, -0.05) is 25.2 Å². The van der Waals surface area contributed by atoms with Gasteiger partial charge < -0.3 is 5.11 Å². The molecule has 0 saturated heterocycles. The van der Waals surface area contributed by atoms with Crippen LogP contribution in [0, 0.1) is 5.41 Å². The largest absolute Gasteiger partial charge is 0.395 e. The van der Waals surface area contributed by atoms with Crippen LogP contribution in [0.25, 0.3) is 0 Å². The van der Waals surface area contributed by atoms with Crippen molar-refractivity contribution in [3.63, 3.8) is 0 Å². The van der Waals surface area contributed by atoms with Crippen LogP contribution in [0.2, 0.25) is 0 Å². The summed E-state index contributed by atoms with van der Waals surface area (Å²) in [5.41, 5.74) is -0.0977. The molecule has 0 aromatic carbocycles. The highest BCUT2D eigenvalue weighted by molar-refractivity contribution is 4.93. The second kappa shape index (κ2) is 5.14. The first-order chi connectivity index (χ1) is 5.18. The monoisotopic (exact) mass is 154 g/mol. The molecule has 0 fully saturated rings. The third-order valence-corrected chi connectivity index (χ3v) is 1.97. The minimum atomic E-state index is -0.0977. The Morgan fingerprint density at radius 2 is 2.18 bits per heavy atom. The Labute approximate surface area is 69.4 Å². The van der Waals surface area contributed by atoms with Crippen molar-refractivity contribution in [1.82, 2.24) is 0 Å². The molecule has 11 heavy (non-hydrogen) atoms. The number of allylic oxidation sites excluding steroid dienone is 2. The molecule has 0 bridgehead atoms. The van der Waals surface area contributed by atoms with E-state index in [1.807, 2.05) is 26.0 Å². The molecule has 0 heterocycles. The van der Waals surface area contributed by atoms with Gasteiger partial charge in [0.05, 0.1) is 6.61 Å². The van der Waals surface area contributed by atoms with Crippen LogP contribution in [-0.4, -0.2) is 11.7 Å². The van der Waals surface area contributed by atoms with Crippen molar-refractivity contribution in [2.75, 3.05) is 6.61 Å². The van der Waals surface area contributed by atoms with E-state index in [0.717, 1.165) is 12.8 Å². The van der Waals surface area contributed by atoms with E-state index >= 15 is 0 Å². The summed E-state index contributed by atoms with van der Waals surface area (Å²) in [5, 5.41) is 8.99. The molecule has 64 valence electrons. The molecule has 1 nitrogen and oxygen atoms in total. The van der Waals surface area contributed by atoms with Crippen molar-refractivity contribution in [1.29, 1.82) is 0 Å². The number of aliphatic hydroxyl groups is 1. The van der Waals surface area contributed by atoms with Crippen LogP contribution in [0.3, 0.4) is 0 Å². The summed E-state index contributed by atoms with van der Waals surface area (Å²) in [4.78, 5) is 0. The molecule has 0 aromatic rings. The van der Waals surface area contributed by atoms with Gasteiger partial charge in [-0.2, -0.15) is 0 Å². The number of hydrogen-bond acceptors (Lipinski definition) is 1. The van der Waals surface area contributed by atoms with Crippen molar-refractivity contribution in [2.45, 2.75) is 26.7 Å². The SMILES string of the molecule is C=CC(C)(CO)CC/C=C/C. The molecule has 0 spiro atoms. The molecule has 0 aromatic heterocycles. The fourth-order valence-corrected chi connectivity index (χ4v) is 0.825. The lowest BCUT2D eigenvalue weighted by Crippen LogP contribution is -2.17. The zero-order valence-corrected chi connectivity index (χ0v) is 7.51. The van der Waals surface area contributed by atoms with Gasteiger partial charge in [0.15, 0.2) is 0 Å². The summed E-state index contributed by atoms with van der Waals surface area (Å²) < 4.78 is 0. The topological polar surface area (TPSA) is 20.2 Å². The molecule has 1 N–H and O–H groups in total. The molecule has 1 atom stereocenters. The molecule has 1 heteroatoms. The Morgan fingerprint density at radius 1 is 1.55 bits per heavy atom. The van der Waals surface area contributed by atoms with Crippen LogP contribution in [-0.2, 0) is 0 Å². The molecule has 0 aliphatic rings. The molecule has 0 aliphatic carbocycles. The predicted octanol–water partition coefficient (Wildman–Crippen LogP) is 2.53. The summed E-state index contributed by atoms with van der Waals surface area (Å²) in [6, 6.07) is 0. The van der Waals surface area contributed by atoms with Crippen molar-refractivity contribution in [2.24, 2.45) is 5.41 Å². The second-order valence-electron chi connectivity index (χ2n) is 3.12. The van der Waals surface area contributed by atoms with Gasteiger partial charge >= 0.3 is 0 Å². The van der Waals surface area contributed by atoms with Crippen molar-refractivity contribution >= 4 is 0 Å². The maximum Gasteiger partial charge on any atom is 0.0519 e. The summed E-state index contributed by atoms with van der Waals surface area (Å²) in [7, 11) is 0. The number of hydrogen-bond donors (Lipinski definition) is 1. The zero-order valence-electron chi connectivity index (χ0n) is 7.51. The van der Waals surface area contributed by atoms with Gasteiger partial charge in [-0.05, 0) is 19.8 Å². The third kappa shape index (κ3) is 3.99. The standard InChI is InChI=1S/C10H18O/c1-4-6-7-8-10(3,5-2)9-11/h4-6,11H,2,7-9H2,1,3H3/b6-4+. The summed E-state index contributed by atoms with van der Waals surface area (Å²) in [6.45, 7) is 7.91. The van der Waals surface area contributed by atoms with E-state index in [1.54, 1.807) is 0 Å². The van der Waals surface area contributed by atoms with Gasteiger partial charge in [-0.15, -0.1) is 6.58 Å². The van der Waals surface area contributed by atoms with Crippen LogP contribution in [0.4, 0.5) is 0 Å². The lowest BCUT2D eigenvalue weighted by molar-refractivity contribution is 0.177. The number of aliphatic hydroxyl groups excluding tert-OH is 1. The molecule has 0 rings (SSSR count). The Kier molecular flexibility index (Phi) is 4.88. The first-order valence-electron chi connectivity index (χ1n) is 4.04. The van der Waals surface area contributed by atoms with Crippen LogP contribution >= 0.6 is 0 Å². The summed E-state index contributed by atoms with van der Waals surface area (Å²) in [5.74, 6) is 0. The van der Waals surface area contributed by atoms with Gasteiger partial charge in [0.2, 0.25) is 0 Å². The van der Waals surface area contributed by atoms with E-state index in [4.69, 9.17) is 5.11 Å². The highest BCUT2D eigenvalue weighted by atomic mass is 16.3. The van der Waals surface area contributed by atoms with E-state index in [1.165, 1.54) is 0 Å². The predicted molar refractivity (Wildman–Crippen MR) is 49.4 cm³/mol. The summed E-state index contributed by atoms with van der Waals surface area (Å²) in [6.07, 6.45) is 7.95. The molecule has 0 amide bonds. The molecule has 0 saturated carbocycles. The molecule has 1 unspecified atom stereocenters. The normalized spacial score (nSPS) is 16.6. The van der Waals surface area contributed by atoms with Crippen LogP contribution in [0.5, 0.6) is 0 Å². The molecular weight excluding hydrogens is 136 g/mol. The average molecular weight is 154 g/mol. The fraction of sp³-hybridized carbons (Fsp3) is 0.600. The first kappa shape index (κ1) is 10.4. The minimum absolute atomic E-state index is 0.0977. The van der Waals surface area contributed by atoms with Gasteiger partial charge in [-0.25, -0.2) is 0 Å². The molecular formula is C10H18O. The lowest BCUT2D eigenvalue weighted by Gasteiger charge is -2.21. The molecule has 0 radical (unpaired) electrons. The van der Waals surface area contributed by atoms with E-state index in [0.29, 0.717) is 0 Å². The zero-order chi connectivity index (χ0) is 8.74. The lowest BCUT2D eigenvalue weighted by atomic mass is 9.86. The Hall–Kier alpha value is -0.560. The summed E-state index contributed by atoms with van der Waals surface area (Å²) >= 11 is 0. The highest BCUT2D eigenvalue weighted by Gasteiger charge is 2.16. The maximum absolute atomic E-state index is 8.99. The van der Waals surface area contributed by atoms with Gasteiger partial charge in [0, 0.05) is 5.41 Å². The van der Waals surface area contributed by atoms with E-state index in [-0.39, 0.29) is 12.0 Å². The minimum Gasteiger partial charge on any atom is -0.395 e. The smallest absolute Gasteiger partial charge is 0.0519 e. The van der Waals surface area contributed by atoms with Crippen LogP contribution in [0.15, 0.2) is 24.8 Å². The Balaban J connectivity index is 3.77. The Morgan fingerprint density at radius 3 is 2.55 bits per heavy atom. The van der Waals surface area contributed by atoms with Crippen molar-refractivity contribution in [3.05, 3.63) is 24.8 Å². The number of rotatable bonds is 5.